The van der Waals surface area contributed by atoms with Crippen molar-refractivity contribution in [1.82, 2.24) is 5.32 Å². The molecule has 0 aromatic carbocycles. The van der Waals surface area contributed by atoms with Crippen LogP contribution >= 0.6 is 11.3 Å². The normalized spacial score (nSPS) is 13.4. The third-order valence-electron chi connectivity index (χ3n) is 2.28. The second-order valence-corrected chi connectivity index (χ2v) is 5.20. The summed E-state index contributed by atoms with van der Waals surface area (Å²) in [6.07, 6.45) is 2.45. The second kappa shape index (κ2) is 6.20. The maximum Gasteiger partial charge on any atom is 0.0118 e. The average molecular weight is 211 g/mol. The third-order valence-corrected chi connectivity index (χ3v) is 3.18. The number of hydrogen-bond donors (Lipinski definition) is 1. The first-order valence-corrected chi connectivity index (χ1v) is 6.36. The van der Waals surface area contributed by atoms with Crippen molar-refractivity contribution in [3.05, 3.63) is 22.4 Å². The van der Waals surface area contributed by atoms with Crippen LogP contribution in [0.3, 0.4) is 0 Å². The van der Waals surface area contributed by atoms with Crippen LogP contribution in [0.2, 0.25) is 0 Å². The monoisotopic (exact) mass is 211 g/mol. The lowest BCUT2D eigenvalue weighted by molar-refractivity contribution is 0.425. The lowest BCUT2D eigenvalue weighted by Crippen LogP contribution is -2.31. The van der Waals surface area contributed by atoms with Crippen molar-refractivity contribution in [2.45, 2.75) is 39.7 Å². The highest BCUT2D eigenvalue weighted by molar-refractivity contribution is 7.09. The molecule has 1 atom stereocenters. The Kier molecular flexibility index (Phi) is 5.20. The van der Waals surface area contributed by atoms with Crippen LogP contribution in [0.15, 0.2) is 17.5 Å². The molecule has 0 spiro atoms. The van der Waals surface area contributed by atoms with Gasteiger partial charge in [0.25, 0.3) is 0 Å². The van der Waals surface area contributed by atoms with Crippen molar-refractivity contribution in [3.8, 4) is 0 Å². The quantitative estimate of drug-likeness (QED) is 0.761. The maximum atomic E-state index is 3.56. The minimum Gasteiger partial charge on any atom is -0.314 e. The second-order valence-electron chi connectivity index (χ2n) is 4.17. The number of rotatable bonds is 6. The molecule has 0 amide bonds. The largest absolute Gasteiger partial charge is 0.314 e. The van der Waals surface area contributed by atoms with Crippen LogP contribution in [-0.2, 0) is 6.42 Å². The molecule has 1 rings (SSSR count). The summed E-state index contributed by atoms with van der Waals surface area (Å²) >= 11 is 1.86. The smallest absolute Gasteiger partial charge is 0.0118 e. The van der Waals surface area contributed by atoms with Crippen LogP contribution in [0.5, 0.6) is 0 Å². The summed E-state index contributed by atoms with van der Waals surface area (Å²) in [7, 11) is 0. The molecule has 0 aliphatic carbocycles. The summed E-state index contributed by atoms with van der Waals surface area (Å²) < 4.78 is 0. The minimum absolute atomic E-state index is 0.652. The number of hydrogen-bond acceptors (Lipinski definition) is 2. The van der Waals surface area contributed by atoms with Gasteiger partial charge in [0.05, 0.1) is 0 Å². The molecule has 0 fully saturated rings. The van der Waals surface area contributed by atoms with Gasteiger partial charge in [0, 0.05) is 10.9 Å². The molecule has 1 N–H and O–H groups in total. The fourth-order valence-electron chi connectivity index (χ4n) is 1.77. The Balaban J connectivity index is 2.42. The van der Waals surface area contributed by atoms with Gasteiger partial charge in [0.1, 0.15) is 0 Å². The molecule has 0 aliphatic heterocycles. The van der Waals surface area contributed by atoms with Crippen molar-refractivity contribution in [1.29, 1.82) is 0 Å². The Morgan fingerprint density at radius 3 is 2.71 bits per heavy atom. The van der Waals surface area contributed by atoms with E-state index in [1.165, 1.54) is 17.7 Å². The molecule has 0 bridgehead atoms. The fourth-order valence-corrected chi connectivity index (χ4v) is 2.55. The van der Waals surface area contributed by atoms with E-state index in [1.54, 1.807) is 0 Å². The van der Waals surface area contributed by atoms with E-state index in [4.69, 9.17) is 0 Å². The average Bonchev–Trinajstić information content (AvgIpc) is 2.56. The minimum atomic E-state index is 0.652. The number of likely N-dealkylation sites (N-methyl/N-ethyl adjacent to an activating group) is 1. The molecule has 1 heterocycles. The fraction of sp³-hybridized carbons (Fsp3) is 0.667. The van der Waals surface area contributed by atoms with Crippen molar-refractivity contribution in [2.24, 2.45) is 5.92 Å². The topological polar surface area (TPSA) is 12.0 Å². The zero-order valence-corrected chi connectivity index (χ0v) is 10.2. The summed E-state index contributed by atoms with van der Waals surface area (Å²) in [5.41, 5.74) is 0. The van der Waals surface area contributed by atoms with Gasteiger partial charge in [-0.1, -0.05) is 26.8 Å². The Labute approximate surface area is 91.5 Å². The molecular weight excluding hydrogens is 190 g/mol. The van der Waals surface area contributed by atoms with Crippen molar-refractivity contribution in [3.63, 3.8) is 0 Å². The van der Waals surface area contributed by atoms with Gasteiger partial charge in [0.15, 0.2) is 0 Å². The molecule has 0 aliphatic rings. The molecule has 0 saturated heterocycles. The van der Waals surface area contributed by atoms with Crippen LogP contribution in [0.1, 0.15) is 32.1 Å². The number of nitrogens with one attached hydrogen (secondary N) is 1. The van der Waals surface area contributed by atoms with Crippen molar-refractivity contribution >= 4 is 11.3 Å². The molecule has 80 valence electrons. The standard InChI is InChI=1S/C12H21NS/c1-4-13-11(8-10(2)3)9-12-6-5-7-14-12/h5-7,10-11,13H,4,8-9H2,1-3H3. The summed E-state index contributed by atoms with van der Waals surface area (Å²) in [4.78, 5) is 1.50. The Morgan fingerprint density at radius 1 is 1.43 bits per heavy atom. The van der Waals surface area contributed by atoms with Crippen molar-refractivity contribution in [2.75, 3.05) is 6.54 Å². The molecule has 1 aromatic rings. The van der Waals surface area contributed by atoms with Gasteiger partial charge >= 0.3 is 0 Å². The zero-order valence-electron chi connectivity index (χ0n) is 9.42. The van der Waals surface area contributed by atoms with Gasteiger partial charge in [-0.2, -0.15) is 0 Å². The maximum absolute atomic E-state index is 3.56. The molecule has 0 radical (unpaired) electrons. The van der Waals surface area contributed by atoms with Gasteiger partial charge in [-0.3, -0.25) is 0 Å². The molecule has 0 saturated carbocycles. The van der Waals surface area contributed by atoms with Crippen LogP contribution < -0.4 is 5.32 Å². The molecule has 14 heavy (non-hydrogen) atoms. The summed E-state index contributed by atoms with van der Waals surface area (Å²) in [5.74, 6) is 0.777. The predicted octanol–water partition coefficient (Wildman–Crippen LogP) is 3.31. The van der Waals surface area contributed by atoms with Gasteiger partial charge in [-0.15, -0.1) is 11.3 Å². The molecule has 1 aromatic heterocycles. The summed E-state index contributed by atoms with van der Waals surface area (Å²) in [6, 6.07) is 5.02. The van der Waals surface area contributed by atoms with E-state index in [1.807, 2.05) is 11.3 Å². The Morgan fingerprint density at radius 2 is 2.21 bits per heavy atom. The van der Waals surface area contributed by atoms with Gasteiger partial charge in [-0.05, 0) is 36.8 Å². The molecule has 1 unspecified atom stereocenters. The first-order valence-electron chi connectivity index (χ1n) is 5.48. The lowest BCUT2D eigenvalue weighted by Gasteiger charge is -2.19. The van der Waals surface area contributed by atoms with E-state index in [0.29, 0.717) is 6.04 Å². The van der Waals surface area contributed by atoms with E-state index < -0.39 is 0 Å². The molecular formula is C12H21NS. The van der Waals surface area contributed by atoms with Gasteiger partial charge in [0.2, 0.25) is 0 Å². The van der Waals surface area contributed by atoms with E-state index in [9.17, 15) is 0 Å². The Bertz CT molecular complexity index is 228. The summed E-state index contributed by atoms with van der Waals surface area (Å²) in [6.45, 7) is 7.84. The van der Waals surface area contributed by atoms with Crippen LogP contribution in [-0.4, -0.2) is 12.6 Å². The first kappa shape index (κ1) is 11.7. The lowest BCUT2D eigenvalue weighted by atomic mass is 10.0. The van der Waals surface area contributed by atoms with E-state index in [0.717, 1.165) is 12.5 Å². The molecule has 2 heteroatoms. The third kappa shape index (κ3) is 4.25. The van der Waals surface area contributed by atoms with E-state index >= 15 is 0 Å². The zero-order chi connectivity index (χ0) is 10.4. The predicted molar refractivity (Wildman–Crippen MR) is 64.9 cm³/mol. The van der Waals surface area contributed by atoms with Crippen LogP contribution in [0.4, 0.5) is 0 Å². The van der Waals surface area contributed by atoms with Crippen molar-refractivity contribution < 1.29 is 0 Å². The highest BCUT2D eigenvalue weighted by Crippen LogP contribution is 2.15. The highest BCUT2D eigenvalue weighted by atomic mass is 32.1. The van der Waals surface area contributed by atoms with Crippen LogP contribution in [0, 0.1) is 5.92 Å². The van der Waals surface area contributed by atoms with Gasteiger partial charge < -0.3 is 5.32 Å². The number of thiophene rings is 1. The van der Waals surface area contributed by atoms with Crippen LogP contribution in [0.25, 0.3) is 0 Å². The Hall–Kier alpha value is -0.340. The highest BCUT2D eigenvalue weighted by Gasteiger charge is 2.10. The van der Waals surface area contributed by atoms with E-state index in [-0.39, 0.29) is 0 Å². The molecule has 1 nitrogen and oxygen atoms in total. The summed E-state index contributed by atoms with van der Waals surface area (Å²) in [5, 5.41) is 5.72. The van der Waals surface area contributed by atoms with Gasteiger partial charge in [-0.25, -0.2) is 0 Å². The first-order chi connectivity index (χ1) is 6.72. The SMILES string of the molecule is CCNC(Cc1cccs1)CC(C)C. The van der Waals surface area contributed by atoms with E-state index in [2.05, 4.69) is 43.6 Å².